The van der Waals surface area contributed by atoms with Gasteiger partial charge in [-0.25, -0.2) is 4.79 Å². The second-order valence-electron chi connectivity index (χ2n) is 4.69. The number of hydrogen-bond acceptors (Lipinski definition) is 3. The van der Waals surface area contributed by atoms with Crippen LogP contribution in [-0.4, -0.2) is 30.6 Å². The molecule has 1 atom stereocenters. The van der Waals surface area contributed by atoms with Gasteiger partial charge < -0.3 is 11.1 Å². The van der Waals surface area contributed by atoms with E-state index < -0.39 is 6.03 Å². The molecule has 1 aromatic heterocycles. The van der Waals surface area contributed by atoms with E-state index in [1.807, 2.05) is 6.07 Å². The molecule has 2 amide bonds. The van der Waals surface area contributed by atoms with Gasteiger partial charge in [0.1, 0.15) is 0 Å². The lowest BCUT2D eigenvalue weighted by atomic mass is 9.98. The third-order valence-electron chi connectivity index (χ3n) is 3.18. The summed E-state index contributed by atoms with van der Waals surface area (Å²) in [5.74, 6) is 0.502. The quantitative estimate of drug-likeness (QED) is 0.893. The lowest BCUT2D eigenvalue weighted by Gasteiger charge is -2.32. The van der Waals surface area contributed by atoms with Crippen molar-refractivity contribution in [3.05, 3.63) is 21.3 Å². The van der Waals surface area contributed by atoms with Crippen molar-refractivity contribution < 1.29 is 4.79 Å². The maximum atomic E-state index is 10.7. The zero-order valence-corrected chi connectivity index (χ0v) is 11.8. The Labute approximate surface area is 116 Å². The Morgan fingerprint density at radius 3 is 3.11 bits per heavy atom. The predicted molar refractivity (Wildman–Crippen MR) is 74.9 cm³/mol. The van der Waals surface area contributed by atoms with Crippen molar-refractivity contribution in [2.24, 2.45) is 11.7 Å². The first-order valence-corrected chi connectivity index (χ1v) is 7.33. The van der Waals surface area contributed by atoms with Crippen molar-refractivity contribution in [3.63, 3.8) is 0 Å². The van der Waals surface area contributed by atoms with E-state index in [2.05, 4.69) is 16.3 Å². The van der Waals surface area contributed by atoms with Gasteiger partial charge in [-0.3, -0.25) is 4.90 Å². The fourth-order valence-corrected chi connectivity index (χ4v) is 3.49. The first kappa shape index (κ1) is 13.6. The van der Waals surface area contributed by atoms with Gasteiger partial charge in [-0.05, 0) is 37.4 Å². The molecule has 100 valence electrons. The van der Waals surface area contributed by atoms with Gasteiger partial charge in [-0.2, -0.15) is 0 Å². The SMILES string of the molecule is NC(=O)NC[C@H]1CCCN(Cc2ccc(Cl)s2)C1. The lowest BCUT2D eigenvalue weighted by Crippen LogP contribution is -2.41. The van der Waals surface area contributed by atoms with Crippen LogP contribution in [0.3, 0.4) is 0 Å². The molecule has 6 heteroatoms. The summed E-state index contributed by atoms with van der Waals surface area (Å²) in [4.78, 5) is 14.4. The number of piperidine rings is 1. The van der Waals surface area contributed by atoms with Gasteiger partial charge in [0.25, 0.3) is 0 Å². The molecule has 0 saturated carbocycles. The summed E-state index contributed by atoms with van der Waals surface area (Å²) in [6, 6.07) is 3.59. The molecule has 0 bridgehead atoms. The number of halogens is 1. The summed E-state index contributed by atoms with van der Waals surface area (Å²) in [6.07, 6.45) is 2.33. The number of carbonyl (C=O) groups excluding carboxylic acids is 1. The molecule has 1 aromatic rings. The Hall–Kier alpha value is -0.780. The van der Waals surface area contributed by atoms with Gasteiger partial charge >= 0.3 is 6.03 Å². The van der Waals surface area contributed by atoms with Gasteiger partial charge in [0.05, 0.1) is 4.34 Å². The number of likely N-dealkylation sites (tertiary alicyclic amines) is 1. The summed E-state index contributed by atoms with van der Waals surface area (Å²) in [6.45, 7) is 3.75. The molecule has 18 heavy (non-hydrogen) atoms. The summed E-state index contributed by atoms with van der Waals surface area (Å²) >= 11 is 7.56. The lowest BCUT2D eigenvalue weighted by molar-refractivity contribution is 0.167. The van der Waals surface area contributed by atoms with Gasteiger partial charge in [-0.15, -0.1) is 11.3 Å². The molecule has 0 aromatic carbocycles. The van der Waals surface area contributed by atoms with Crippen LogP contribution in [0.25, 0.3) is 0 Å². The van der Waals surface area contributed by atoms with Crippen LogP contribution < -0.4 is 11.1 Å². The molecule has 1 aliphatic rings. The molecule has 1 fully saturated rings. The third kappa shape index (κ3) is 4.15. The first-order valence-electron chi connectivity index (χ1n) is 6.13. The van der Waals surface area contributed by atoms with Gasteiger partial charge in [0, 0.05) is 24.5 Å². The van der Waals surface area contributed by atoms with Gasteiger partial charge in [0.15, 0.2) is 0 Å². The van der Waals surface area contributed by atoms with Gasteiger partial charge in [-0.1, -0.05) is 11.6 Å². The molecule has 1 saturated heterocycles. The second kappa shape index (κ2) is 6.41. The van der Waals surface area contributed by atoms with Crippen molar-refractivity contribution in [1.29, 1.82) is 0 Å². The van der Waals surface area contributed by atoms with Crippen LogP contribution in [-0.2, 0) is 6.54 Å². The number of thiophene rings is 1. The number of nitrogens with two attached hydrogens (primary N) is 1. The van der Waals surface area contributed by atoms with E-state index in [1.54, 1.807) is 11.3 Å². The Bertz CT molecular complexity index is 410. The highest BCUT2D eigenvalue weighted by Crippen LogP contribution is 2.24. The van der Waals surface area contributed by atoms with E-state index >= 15 is 0 Å². The van der Waals surface area contributed by atoms with E-state index in [1.165, 1.54) is 11.3 Å². The van der Waals surface area contributed by atoms with Crippen LogP contribution >= 0.6 is 22.9 Å². The summed E-state index contributed by atoms with van der Waals surface area (Å²) in [5, 5.41) is 2.70. The number of primary amides is 1. The van der Waals surface area contributed by atoms with Crippen molar-refractivity contribution in [2.45, 2.75) is 19.4 Å². The fraction of sp³-hybridized carbons (Fsp3) is 0.583. The second-order valence-corrected chi connectivity index (χ2v) is 6.49. The third-order valence-corrected chi connectivity index (χ3v) is 4.39. The fourth-order valence-electron chi connectivity index (χ4n) is 2.36. The van der Waals surface area contributed by atoms with E-state index in [9.17, 15) is 4.79 Å². The van der Waals surface area contributed by atoms with E-state index in [-0.39, 0.29) is 0 Å². The number of amides is 2. The van der Waals surface area contributed by atoms with Crippen molar-refractivity contribution >= 4 is 29.0 Å². The number of hydrogen-bond donors (Lipinski definition) is 2. The van der Waals surface area contributed by atoms with Crippen LogP contribution in [0.1, 0.15) is 17.7 Å². The number of nitrogens with one attached hydrogen (secondary N) is 1. The molecule has 2 heterocycles. The van der Waals surface area contributed by atoms with Crippen LogP contribution in [0, 0.1) is 5.92 Å². The number of urea groups is 1. The molecular formula is C12H18ClN3OS. The highest BCUT2D eigenvalue weighted by Gasteiger charge is 2.20. The number of carbonyl (C=O) groups is 1. The highest BCUT2D eigenvalue weighted by atomic mass is 35.5. The standard InChI is InChI=1S/C12H18ClN3OS/c13-11-4-3-10(18-11)8-16-5-1-2-9(7-16)6-15-12(14)17/h3-4,9H,1-2,5-8H2,(H3,14,15,17)/t9-/m1/s1. The maximum Gasteiger partial charge on any atom is 0.312 e. The first-order chi connectivity index (χ1) is 8.63. The minimum absolute atomic E-state index is 0.433. The number of nitrogens with zero attached hydrogens (tertiary/aromatic N) is 1. The Kier molecular flexibility index (Phi) is 4.86. The molecular weight excluding hydrogens is 270 g/mol. The average Bonchev–Trinajstić information content (AvgIpc) is 2.73. The van der Waals surface area contributed by atoms with E-state index in [4.69, 9.17) is 17.3 Å². The molecule has 0 radical (unpaired) electrons. The summed E-state index contributed by atoms with van der Waals surface area (Å²) in [5.41, 5.74) is 5.09. The van der Waals surface area contributed by atoms with Crippen molar-refractivity contribution in [3.8, 4) is 0 Å². The molecule has 0 unspecified atom stereocenters. The predicted octanol–water partition coefficient (Wildman–Crippen LogP) is 2.28. The van der Waals surface area contributed by atoms with E-state index in [0.717, 1.165) is 30.4 Å². The van der Waals surface area contributed by atoms with E-state index in [0.29, 0.717) is 12.5 Å². The molecule has 0 spiro atoms. The molecule has 0 aliphatic carbocycles. The molecule has 3 N–H and O–H groups in total. The van der Waals surface area contributed by atoms with Crippen molar-refractivity contribution in [1.82, 2.24) is 10.2 Å². The highest BCUT2D eigenvalue weighted by molar-refractivity contribution is 7.16. The molecule has 4 nitrogen and oxygen atoms in total. The maximum absolute atomic E-state index is 10.7. The van der Waals surface area contributed by atoms with Crippen LogP contribution in [0.5, 0.6) is 0 Å². The largest absolute Gasteiger partial charge is 0.352 e. The van der Waals surface area contributed by atoms with Crippen molar-refractivity contribution in [2.75, 3.05) is 19.6 Å². The molecule has 2 rings (SSSR count). The molecule has 1 aliphatic heterocycles. The minimum Gasteiger partial charge on any atom is -0.352 e. The Morgan fingerprint density at radius 1 is 1.61 bits per heavy atom. The summed E-state index contributed by atoms with van der Waals surface area (Å²) in [7, 11) is 0. The monoisotopic (exact) mass is 287 g/mol. The van der Waals surface area contributed by atoms with Crippen LogP contribution in [0.2, 0.25) is 4.34 Å². The topological polar surface area (TPSA) is 58.4 Å². The minimum atomic E-state index is -0.433. The van der Waals surface area contributed by atoms with Crippen LogP contribution in [0.4, 0.5) is 4.79 Å². The average molecular weight is 288 g/mol. The zero-order valence-electron chi connectivity index (χ0n) is 10.2. The van der Waals surface area contributed by atoms with Gasteiger partial charge in [0.2, 0.25) is 0 Å². The Balaban J connectivity index is 1.81. The number of rotatable bonds is 4. The Morgan fingerprint density at radius 2 is 2.44 bits per heavy atom. The smallest absolute Gasteiger partial charge is 0.312 e. The normalized spacial score (nSPS) is 20.8. The zero-order chi connectivity index (χ0) is 13.0. The van der Waals surface area contributed by atoms with Crippen LogP contribution in [0.15, 0.2) is 12.1 Å². The summed E-state index contributed by atoms with van der Waals surface area (Å²) < 4.78 is 0.842.